The van der Waals surface area contributed by atoms with Crippen LogP contribution in [-0.4, -0.2) is 32.2 Å². The number of fused-ring (bicyclic) bond motifs is 2. The van der Waals surface area contributed by atoms with Gasteiger partial charge in [0.05, 0.1) is 18.9 Å². The fraction of sp³-hybridized carbons (Fsp3) is 0.0625. The molecule has 2 heterocycles. The lowest BCUT2D eigenvalue weighted by molar-refractivity contribution is 0.415. The van der Waals surface area contributed by atoms with E-state index in [4.69, 9.17) is 4.74 Å². The zero-order valence-corrected chi connectivity index (χ0v) is 11.7. The van der Waals surface area contributed by atoms with Crippen molar-refractivity contribution in [2.24, 2.45) is 0 Å². The number of nitrogens with one attached hydrogen (secondary N) is 1. The highest BCUT2D eigenvalue weighted by Crippen LogP contribution is 2.36. The van der Waals surface area contributed by atoms with Crippen LogP contribution < -0.4 is 4.74 Å². The van der Waals surface area contributed by atoms with Crippen molar-refractivity contribution in [1.82, 2.24) is 19.9 Å². The number of aromatic amines is 1. The Morgan fingerprint density at radius 3 is 2.91 bits per heavy atom. The number of ether oxygens (including phenoxy) is 1. The van der Waals surface area contributed by atoms with E-state index in [-0.39, 0.29) is 5.75 Å². The highest BCUT2D eigenvalue weighted by atomic mass is 16.5. The van der Waals surface area contributed by atoms with E-state index in [9.17, 15) is 5.11 Å². The van der Waals surface area contributed by atoms with Crippen molar-refractivity contribution in [2.45, 2.75) is 0 Å². The molecule has 2 aromatic carbocycles. The highest BCUT2D eigenvalue weighted by Gasteiger charge is 2.13. The smallest absolute Gasteiger partial charge is 0.161 e. The predicted octanol–water partition coefficient (Wildman–Crippen LogP) is 2.89. The first kappa shape index (κ1) is 12.6. The Balaban J connectivity index is 1.93. The average Bonchev–Trinajstić information content (AvgIpc) is 2.98. The van der Waals surface area contributed by atoms with Gasteiger partial charge in [-0.15, -0.1) is 0 Å². The van der Waals surface area contributed by atoms with Gasteiger partial charge in [-0.2, -0.15) is 0 Å². The molecule has 22 heavy (non-hydrogen) atoms. The molecule has 0 bridgehead atoms. The number of aromatic hydroxyl groups is 1. The third kappa shape index (κ3) is 1.85. The topological polar surface area (TPSA) is 83.9 Å². The Labute approximate surface area is 125 Å². The summed E-state index contributed by atoms with van der Waals surface area (Å²) in [6.45, 7) is 0. The Morgan fingerprint density at radius 2 is 2.09 bits per heavy atom. The number of methoxy groups -OCH3 is 1. The summed E-state index contributed by atoms with van der Waals surface area (Å²) in [5, 5.41) is 12.2. The number of H-pyrrole nitrogens is 1. The monoisotopic (exact) mass is 292 g/mol. The summed E-state index contributed by atoms with van der Waals surface area (Å²) in [4.78, 5) is 15.6. The van der Waals surface area contributed by atoms with Gasteiger partial charge in [0.2, 0.25) is 0 Å². The minimum Gasteiger partial charge on any atom is -0.507 e. The molecule has 0 saturated heterocycles. The van der Waals surface area contributed by atoms with Gasteiger partial charge in [0.25, 0.3) is 0 Å². The number of phenolic OH excluding ortho intramolecular Hbond substituents is 1. The number of hydrogen-bond acceptors (Lipinski definition) is 5. The first-order valence-electron chi connectivity index (χ1n) is 6.72. The van der Waals surface area contributed by atoms with Crippen molar-refractivity contribution in [3.8, 4) is 22.9 Å². The quantitative estimate of drug-likeness (QED) is 0.593. The molecule has 0 aliphatic rings. The summed E-state index contributed by atoms with van der Waals surface area (Å²) < 4.78 is 5.20. The normalized spacial score (nSPS) is 11.1. The molecule has 0 amide bonds. The van der Waals surface area contributed by atoms with E-state index < -0.39 is 0 Å². The summed E-state index contributed by atoms with van der Waals surface area (Å²) in [5.74, 6) is 1.48. The van der Waals surface area contributed by atoms with Gasteiger partial charge in [0.15, 0.2) is 5.65 Å². The van der Waals surface area contributed by atoms with E-state index in [1.807, 2.05) is 30.3 Å². The van der Waals surface area contributed by atoms with E-state index in [1.54, 1.807) is 13.3 Å². The van der Waals surface area contributed by atoms with Gasteiger partial charge >= 0.3 is 0 Å². The lowest BCUT2D eigenvalue weighted by atomic mass is 10.0. The molecule has 0 aliphatic carbocycles. The van der Waals surface area contributed by atoms with Crippen molar-refractivity contribution < 1.29 is 9.84 Å². The molecule has 6 nitrogen and oxygen atoms in total. The van der Waals surface area contributed by atoms with Crippen LogP contribution in [0.3, 0.4) is 0 Å². The van der Waals surface area contributed by atoms with Crippen molar-refractivity contribution in [2.75, 3.05) is 7.11 Å². The lowest BCUT2D eigenvalue weighted by Crippen LogP contribution is -1.86. The molecule has 2 aromatic heterocycles. The molecule has 0 saturated carbocycles. The van der Waals surface area contributed by atoms with Crippen LogP contribution in [0.15, 0.2) is 42.9 Å². The lowest BCUT2D eigenvalue weighted by Gasteiger charge is -2.07. The Kier molecular flexibility index (Phi) is 2.69. The molecule has 108 valence electrons. The maximum Gasteiger partial charge on any atom is 0.161 e. The maximum absolute atomic E-state index is 10.6. The van der Waals surface area contributed by atoms with E-state index in [0.717, 1.165) is 16.5 Å². The van der Waals surface area contributed by atoms with E-state index >= 15 is 0 Å². The predicted molar refractivity (Wildman–Crippen MR) is 82.8 cm³/mol. The number of rotatable bonds is 2. The van der Waals surface area contributed by atoms with Gasteiger partial charge in [-0.25, -0.2) is 15.0 Å². The fourth-order valence-corrected chi connectivity index (χ4v) is 2.50. The Hall–Kier alpha value is -3.15. The maximum atomic E-state index is 10.6. The van der Waals surface area contributed by atoms with Crippen LogP contribution in [-0.2, 0) is 0 Å². The minimum absolute atomic E-state index is 0.173. The van der Waals surface area contributed by atoms with Gasteiger partial charge in [0.1, 0.15) is 29.2 Å². The number of hydrogen-bond donors (Lipinski definition) is 2. The minimum atomic E-state index is 0.173. The van der Waals surface area contributed by atoms with Gasteiger partial charge in [-0.1, -0.05) is 6.07 Å². The van der Waals surface area contributed by atoms with E-state index in [0.29, 0.717) is 22.6 Å². The van der Waals surface area contributed by atoms with Crippen molar-refractivity contribution in [3.63, 3.8) is 0 Å². The van der Waals surface area contributed by atoms with Gasteiger partial charge in [0, 0.05) is 5.39 Å². The van der Waals surface area contributed by atoms with Crippen LogP contribution in [0.2, 0.25) is 0 Å². The second-order valence-electron chi connectivity index (χ2n) is 4.89. The summed E-state index contributed by atoms with van der Waals surface area (Å²) in [7, 11) is 1.62. The molecule has 0 aliphatic heterocycles. The van der Waals surface area contributed by atoms with Gasteiger partial charge in [-0.3, -0.25) is 0 Å². The van der Waals surface area contributed by atoms with Crippen molar-refractivity contribution in [3.05, 3.63) is 42.9 Å². The van der Waals surface area contributed by atoms with Crippen LogP contribution >= 0.6 is 0 Å². The molecule has 2 N–H and O–H groups in total. The third-order valence-corrected chi connectivity index (χ3v) is 3.62. The second kappa shape index (κ2) is 4.70. The average molecular weight is 292 g/mol. The number of nitrogens with zero attached hydrogens (tertiary/aromatic N) is 3. The van der Waals surface area contributed by atoms with Crippen LogP contribution in [0.1, 0.15) is 0 Å². The molecular formula is C16H12N4O2. The van der Waals surface area contributed by atoms with Crippen molar-refractivity contribution in [1.29, 1.82) is 0 Å². The molecule has 0 unspecified atom stereocenters. The summed E-state index contributed by atoms with van der Waals surface area (Å²) in [6.07, 6.45) is 3.09. The van der Waals surface area contributed by atoms with Gasteiger partial charge in [-0.05, 0) is 29.7 Å². The molecule has 6 heteroatoms. The van der Waals surface area contributed by atoms with E-state index in [2.05, 4.69) is 19.9 Å². The molecule has 4 rings (SSSR count). The third-order valence-electron chi connectivity index (χ3n) is 3.62. The molecular weight excluding hydrogens is 280 g/mol. The van der Waals surface area contributed by atoms with Crippen LogP contribution in [0.25, 0.3) is 33.3 Å². The van der Waals surface area contributed by atoms with Crippen molar-refractivity contribution >= 4 is 21.9 Å². The number of imidazole rings is 1. The fourth-order valence-electron chi connectivity index (χ4n) is 2.50. The molecule has 4 aromatic rings. The SMILES string of the molecule is COc1ccc2c(O)c(-c3nc4cncnc4[nH]3)ccc2c1. The Bertz CT molecular complexity index is 961. The number of phenols is 1. The largest absolute Gasteiger partial charge is 0.507 e. The van der Waals surface area contributed by atoms with E-state index in [1.165, 1.54) is 6.33 Å². The highest BCUT2D eigenvalue weighted by molar-refractivity contribution is 5.95. The summed E-state index contributed by atoms with van der Waals surface area (Å²) in [5.41, 5.74) is 1.92. The zero-order chi connectivity index (χ0) is 15.1. The number of benzene rings is 2. The molecule has 0 atom stereocenters. The number of aromatic nitrogens is 4. The second-order valence-corrected chi connectivity index (χ2v) is 4.89. The Morgan fingerprint density at radius 1 is 1.18 bits per heavy atom. The standard InChI is InChI=1S/C16H12N4O2/c1-22-10-3-5-11-9(6-10)2-4-12(14(11)21)15-19-13-7-17-8-18-16(13)20-15/h2-8,21H,1H3,(H,17,18,19,20). The first-order chi connectivity index (χ1) is 10.8. The first-order valence-corrected chi connectivity index (χ1v) is 6.72. The molecule has 0 fully saturated rings. The zero-order valence-electron chi connectivity index (χ0n) is 11.7. The molecule has 0 spiro atoms. The van der Waals surface area contributed by atoms with Crippen LogP contribution in [0, 0.1) is 0 Å². The van der Waals surface area contributed by atoms with Gasteiger partial charge < -0.3 is 14.8 Å². The summed E-state index contributed by atoms with van der Waals surface area (Å²) in [6, 6.07) is 9.27. The van der Waals surface area contributed by atoms with Crippen LogP contribution in [0.4, 0.5) is 0 Å². The molecule has 0 radical (unpaired) electrons. The van der Waals surface area contributed by atoms with Crippen LogP contribution in [0.5, 0.6) is 11.5 Å². The summed E-state index contributed by atoms with van der Waals surface area (Å²) >= 11 is 0.